The third-order valence-electron chi connectivity index (χ3n) is 2.97. The predicted molar refractivity (Wildman–Crippen MR) is 82.1 cm³/mol. The van der Waals surface area contributed by atoms with Crippen LogP contribution in [0.2, 0.25) is 0 Å². The highest BCUT2D eigenvalue weighted by atomic mass is 16.5. The largest absolute Gasteiger partial charge is 0.492 e. The van der Waals surface area contributed by atoms with E-state index in [-0.39, 0.29) is 0 Å². The standard InChI is InChI=1S/C17H21NO2/c1-3-20-17-10-5-4-9-16(17)18-12-14-7-6-8-15(11-14)13-19-2/h4-11,18H,3,12-13H2,1-2H3. The molecule has 0 saturated carbocycles. The van der Waals surface area contributed by atoms with Crippen LogP contribution in [-0.2, 0) is 17.9 Å². The molecule has 0 atom stereocenters. The number of anilines is 1. The molecule has 0 spiro atoms. The second kappa shape index (κ2) is 7.56. The second-order valence-electron chi connectivity index (χ2n) is 4.54. The summed E-state index contributed by atoms with van der Waals surface area (Å²) in [6.45, 7) is 4.07. The normalized spacial score (nSPS) is 10.3. The highest BCUT2D eigenvalue weighted by molar-refractivity contribution is 5.56. The Kier molecular flexibility index (Phi) is 5.44. The fraction of sp³-hybridized carbons (Fsp3) is 0.294. The van der Waals surface area contributed by atoms with Crippen molar-refractivity contribution in [3.8, 4) is 5.75 Å². The number of methoxy groups -OCH3 is 1. The molecule has 0 saturated heterocycles. The molecule has 0 radical (unpaired) electrons. The summed E-state index contributed by atoms with van der Waals surface area (Å²) in [6, 6.07) is 16.4. The van der Waals surface area contributed by atoms with Gasteiger partial charge in [-0.3, -0.25) is 0 Å². The van der Waals surface area contributed by atoms with Gasteiger partial charge in [-0.2, -0.15) is 0 Å². The van der Waals surface area contributed by atoms with Crippen LogP contribution in [0, 0.1) is 0 Å². The third kappa shape index (κ3) is 4.00. The van der Waals surface area contributed by atoms with Gasteiger partial charge in [0.25, 0.3) is 0 Å². The number of para-hydroxylation sites is 2. The summed E-state index contributed by atoms with van der Waals surface area (Å²) < 4.78 is 10.8. The SMILES string of the molecule is CCOc1ccccc1NCc1cccc(COC)c1. The number of hydrogen-bond acceptors (Lipinski definition) is 3. The zero-order chi connectivity index (χ0) is 14.2. The molecular weight excluding hydrogens is 250 g/mol. The molecule has 2 rings (SSSR count). The molecule has 2 aromatic carbocycles. The minimum atomic E-state index is 0.642. The molecule has 0 amide bonds. The van der Waals surface area contributed by atoms with E-state index in [2.05, 4.69) is 29.6 Å². The fourth-order valence-corrected chi connectivity index (χ4v) is 2.09. The molecule has 0 aromatic heterocycles. The minimum Gasteiger partial charge on any atom is -0.492 e. The Morgan fingerprint density at radius 1 is 1.00 bits per heavy atom. The highest BCUT2D eigenvalue weighted by Crippen LogP contribution is 2.24. The molecule has 1 N–H and O–H groups in total. The van der Waals surface area contributed by atoms with Gasteiger partial charge in [0.1, 0.15) is 5.75 Å². The van der Waals surface area contributed by atoms with Gasteiger partial charge in [-0.25, -0.2) is 0 Å². The van der Waals surface area contributed by atoms with Crippen LogP contribution in [0.5, 0.6) is 5.75 Å². The number of rotatable bonds is 7. The van der Waals surface area contributed by atoms with Crippen molar-refractivity contribution >= 4 is 5.69 Å². The lowest BCUT2D eigenvalue weighted by molar-refractivity contribution is 0.185. The van der Waals surface area contributed by atoms with Crippen molar-refractivity contribution in [2.24, 2.45) is 0 Å². The fourth-order valence-electron chi connectivity index (χ4n) is 2.09. The Hall–Kier alpha value is -2.00. The van der Waals surface area contributed by atoms with Crippen molar-refractivity contribution < 1.29 is 9.47 Å². The number of nitrogens with one attached hydrogen (secondary N) is 1. The zero-order valence-corrected chi connectivity index (χ0v) is 12.1. The van der Waals surface area contributed by atoms with Gasteiger partial charge in [0.15, 0.2) is 0 Å². The van der Waals surface area contributed by atoms with E-state index >= 15 is 0 Å². The van der Waals surface area contributed by atoms with Gasteiger partial charge in [-0.05, 0) is 30.2 Å². The average molecular weight is 271 g/mol. The average Bonchev–Trinajstić information content (AvgIpc) is 2.47. The molecule has 20 heavy (non-hydrogen) atoms. The molecule has 0 unspecified atom stereocenters. The lowest BCUT2D eigenvalue weighted by Crippen LogP contribution is -2.03. The first-order chi connectivity index (χ1) is 9.83. The maximum Gasteiger partial charge on any atom is 0.142 e. The van der Waals surface area contributed by atoms with E-state index in [0.717, 1.165) is 18.0 Å². The smallest absolute Gasteiger partial charge is 0.142 e. The molecule has 0 bridgehead atoms. The van der Waals surface area contributed by atoms with E-state index in [4.69, 9.17) is 9.47 Å². The molecule has 0 heterocycles. The van der Waals surface area contributed by atoms with Crippen LogP contribution >= 0.6 is 0 Å². The van der Waals surface area contributed by atoms with E-state index in [1.54, 1.807) is 7.11 Å². The predicted octanol–water partition coefficient (Wildman–Crippen LogP) is 3.84. The lowest BCUT2D eigenvalue weighted by Gasteiger charge is -2.12. The maximum atomic E-state index is 5.61. The van der Waals surface area contributed by atoms with Gasteiger partial charge in [0.05, 0.1) is 18.9 Å². The Labute approximate surface area is 120 Å². The van der Waals surface area contributed by atoms with Gasteiger partial charge in [0.2, 0.25) is 0 Å². The summed E-state index contributed by atoms with van der Waals surface area (Å²) in [4.78, 5) is 0. The monoisotopic (exact) mass is 271 g/mol. The molecular formula is C17H21NO2. The first kappa shape index (κ1) is 14.4. The summed E-state index contributed by atoms with van der Waals surface area (Å²) in [7, 11) is 1.71. The van der Waals surface area contributed by atoms with Crippen molar-refractivity contribution in [2.45, 2.75) is 20.1 Å². The second-order valence-corrected chi connectivity index (χ2v) is 4.54. The summed E-state index contributed by atoms with van der Waals surface area (Å²) in [5.74, 6) is 0.892. The van der Waals surface area contributed by atoms with Gasteiger partial charge >= 0.3 is 0 Å². The number of hydrogen-bond donors (Lipinski definition) is 1. The number of benzene rings is 2. The van der Waals surface area contributed by atoms with Crippen LogP contribution < -0.4 is 10.1 Å². The van der Waals surface area contributed by atoms with Gasteiger partial charge < -0.3 is 14.8 Å². The Balaban J connectivity index is 2.03. The molecule has 0 aliphatic carbocycles. The Morgan fingerprint density at radius 3 is 2.60 bits per heavy atom. The van der Waals surface area contributed by atoms with E-state index < -0.39 is 0 Å². The van der Waals surface area contributed by atoms with Crippen LogP contribution in [0.15, 0.2) is 48.5 Å². The van der Waals surface area contributed by atoms with Crippen molar-refractivity contribution in [1.82, 2.24) is 0 Å². The van der Waals surface area contributed by atoms with E-state index in [1.165, 1.54) is 11.1 Å². The maximum absolute atomic E-state index is 5.61. The highest BCUT2D eigenvalue weighted by Gasteiger charge is 2.02. The van der Waals surface area contributed by atoms with Crippen LogP contribution in [0.1, 0.15) is 18.1 Å². The van der Waals surface area contributed by atoms with Gasteiger partial charge in [-0.1, -0.05) is 36.4 Å². The molecule has 2 aromatic rings. The van der Waals surface area contributed by atoms with Crippen molar-refractivity contribution in [1.29, 1.82) is 0 Å². The topological polar surface area (TPSA) is 30.5 Å². The summed E-state index contributed by atoms with van der Waals surface area (Å²) in [5, 5.41) is 3.42. The lowest BCUT2D eigenvalue weighted by atomic mass is 10.1. The van der Waals surface area contributed by atoms with Crippen molar-refractivity contribution in [3.05, 3.63) is 59.7 Å². The minimum absolute atomic E-state index is 0.642. The third-order valence-corrected chi connectivity index (χ3v) is 2.97. The van der Waals surface area contributed by atoms with E-state index in [1.807, 2.05) is 31.2 Å². The molecule has 3 nitrogen and oxygen atoms in total. The zero-order valence-electron chi connectivity index (χ0n) is 12.1. The van der Waals surface area contributed by atoms with Crippen LogP contribution in [0.3, 0.4) is 0 Å². The summed E-state index contributed by atoms with van der Waals surface area (Å²) in [5.41, 5.74) is 3.43. The van der Waals surface area contributed by atoms with Crippen LogP contribution in [0.25, 0.3) is 0 Å². The van der Waals surface area contributed by atoms with E-state index in [0.29, 0.717) is 13.2 Å². The van der Waals surface area contributed by atoms with Gasteiger partial charge in [0, 0.05) is 13.7 Å². The van der Waals surface area contributed by atoms with Crippen molar-refractivity contribution in [2.75, 3.05) is 19.0 Å². The Morgan fingerprint density at radius 2 is 1.80 bits per heavy atom. The van der Waals surface area contributed by atoms with Crippen LogP contribution in [0.4, 0.5) is 5.69 Å². The molecule has 0 fully saturated rings. The molecule has 3 heteroatoms. The first-order valence-corrected chi connectivity index (χ1v) is 6.86. The molecule has 0 aliphatic heterocycles. The summed E-state index contributed by atoms with van der Waals surface area (Å²) in [6.07, 6.45) is 0. The Bertz CT molecular complexity index is 540. The van der Waals surface area contributed by atoms with Crippen LogP contribution in [-0.4, -0.2) is 13.7 Å². The van der Waals surface area contributed by atoms with Crippen molar-refractivity contribution in [3.63, 3.8) is 0 Å². The quantitative estimate of drug-likeness (QED) is 0.830. The summed E-state index contributed by atoms with van der Waals surface area (Å²) >= 11 is 0. The number of ether oxygens (including phenoxy) is 2. The first-order valence-electron chi connectivity index (χ1n) is 6.86. The molecule has 106 valence electrons. The van der Waals surface area contributed by atoms with E-state index in [9.17, 15) is 0 Å². The van der Waals surface area contributed by atoms with Gasteiger partial charge in [-0.15, -0.1) is 0 Å². The molecule has 0 aliphatic rings.